The van der Waals surface area contributed by atoms with Crippen LogP contribution in [0.25, 0.3) is 11.3 Å². The smallest absolute Gasteiger partial charge is 0.148 e. The molecule has 0 radical (unpaired) electrons. The van der Waals surface area contributed by atoms with E-state index in [2.05, 4.69) is 10.3 Å². The second kappa shape index (κ2) is 7.51. The van der Waals surface area contributed by atoms with Gasteiger partial charge in [-0.3, -0.25) is 0 Å². The van der Waals surface area contributed by atoms with Crippen molar-refractivity contribution < 1.29 is 13.5 Å². The summed E-state index contributed by atoms with van der Waals surface area (Å²) >= 11 is 0. The van der Waals surface area contributed by atoms with E-state index in [-0.39, 0.29) is 5.56 Å². The average Bonchev–Trinajstić information content (AvgIpc) is 2.51. The van der Waals surface area contributed by atoms with Gasteiger partial charge in [-0.05, 0) is 51.1 Å². The van der Waals surface area contributed by atoms with Gasteiger partial charge in [0, 0.05) is 30.3 Å². The predicted octanol–water partition coefficient (Wildman–Crippen LogP) is 3.80. The Balaban J connectivity index is 2.62. The average molecular weight is 320 g/mol. The van der Waals surface area contributed by atoms with Crippen LogP contribution < -0.4 is 10.1 Å². The van der Waals surface area contributed by atoms with Crippen molar-refractivity contribution in [2.75, 3.05) is 20.2 Å². The van der Waals surface area contributed by atoms with Gasteiger partial charge in [-0.15, -0.1) is 0 Å². The first-order chi connectivity index (χ1) is 11.0. The zero-order chi connectivity index (χ0) is 17.0. The molecule has 3 nitrogen and oxygen atoms in total. The third-order valence-corrected chi connectivity index (χ3v) is 3.64. The fourth-order valence-electron chi connectivity index (χ4n) is 2.46. The van der Waals surface area contributed by atoms with Crippen LogP contribution in [0.1, 0.15) is 23.7 Å². The third-order valence-electron chi connectivity index (χ3n) is 3.64. The molecule has 0 spiro atoms. The number of likely N-dealkylation sites (N-methyl/N-ethyl adjacent to an activating group) is 1. The van der Waals surface area contributed by atoms with Crippen molar-refractivity contribution in [2.45, 2.75) is 27.2 Å². The fourth-order valence-corrected chi connectivity index (χ4v) is 2.46. The minimum atomic E-state index is -0.633. The van der Waals surface area contributed by atoms with Crippen LogP contribution in [0.15, 0.2) is 18.2 Å². The Labute approximate surface area is 135 Å². The zero-order valence-corrected chi connectivity index (χ0v) is 14.0. The molecule has 0 atom stereocenters. The number of nitrogens with one attached hydrogen (secondary N) is 1. The maximum absolute atomic E-state index is 14.3. The van der Waals surface area contributed by atoms with Crippen LogP contribution in [-0.2, 0) is 6.42 Å². The largest absolute Gasteiger partial charge is 0.491 e. The van der Waals surface area contributed by atoms with E-state index >= 15 is 0 Å². The van der Waals surface area contributed by atoms with Gasteiger partial charge in [0.15, 0.2) is 0 Å². The molecule has 1 aromatic heterocycles. The van der Waals surface area contributed by atoms with E-state index in [1.165, 1.54) is 6.07 Å². The number of nitrogens with zero attached hydrogens (tertiary/aromatic N) is 1. The Bertz CT molecular complexity index is 702. The summed E-state index contributed by atoms with van der Waals surface area (Å²) in [5, 5.41) is 3.07. The highest BCUT2D eigenvalue weighted by atomic mass is 19.1. The number of rotatable bonds is 6. The summed E-state index contributed by atoms with van der Waals surface area (Å²) in [4.78, 5) is 4.56. The van der Waals surface area contributed by atoms with Gasteiger partial charge in [0.1, 0.15) is 23.1 Å². The van der Waals surface area contributed by atoms with Crippen LogP contribution in [0.3, 0.4) is 0 Å². The molecule has 0 aliphatic rings. The summed E-state index contributed by atoms with van der Waals surface area (Å²) in [6.07, 6.45) is 0.721. The van der Waals surface area contributed by atoms with Gasteiger partial charge in [-0.25, -0.2) is 13.8 Å². The van der Waals surface area contributed by atoms with Crippen molar-refractivity contribution in [3.8, 4) is 17.0 Å². The molecule has 1 aromatic carbocycles. The first-order valence-electron chi connectivity index (χ1n) is 7.71. The van der Waals surface area contributed by atoms with Gasteiger partial charge in [0.25, 0.3) is 0 Å². The lowest BCUT2D eigenvalue weighted by Gasteiger charge is -2.16. The zero-order valence-electron chi connectivity index (χ0n) is 14.0. The lowest BCUT2D eigenvalue weighted by Crippen LogP contribution is -2.12. The molecule has 0 amide bonds. The molecular weight excluding hydrogens is 298 g/mol. The Morgan fingerprint density at radius 3 is 2.48 bits per heavy atom. The Hall–Kier alpha value is -2.01. The summed E-state index contributed by atoms with van der Waals surface area (Å²) < 4.78 is 33.5. The number of hydrogen-bond donors (Lipinski definition) is 1. The molecule has 0 aliphatic heterocycles. The van der Waals surface area contributed by atoms with Crippen LogP contribution in [-0.4, -0.2) is 25.2 Å². The predicted molar refractivity (Wildman–Crippen MR) is 87.9 cm³/mol. The minimum Gasteiger partial charge on any atom is -0.491 e. The van der Waals surface area contributed by atoms with E-state index < -0.39 is 11.6 Å². The molecule has 5 heteroatoms. The number of aromatic nitrogens is 1. The first kappa shape index (κ1) is 17.3. The van der Waals surface area contributed by atoms with E-state index in [1.54, 1.807) is 6.92 Å². The van der Waals surface area contributed by atoms with Crippen LogP contribution in [0.2, 0.25) is 0 Å². The number of halogens is 2. The van der Waals surface area contributed by atoms with Gasteiger partial charge in [-0.1, -0.05) is 0 Å². The van der Waals surface area contributed by atoms with Gasteiger partial charge < -0.3 is 10.1 Å². The normalized spacial score (nSPS) is 10.9. The molecule has 0 aliphatic carbocycles. The van der Waals surface area contributed by atoms with Crippen molar-refractivity contribution in [3.05, 3.63) is 46.7 Å². The molecule has 124 valence electrons. The van der Waals surface area contributed by atoms with Crippen LogP contribution >= 0.6 is 0 Å². The molecule has 2 rings (SSSR count). The molecule has 0 bridgehead atoms. The minimum absolute atomic E-state index is 0.266. The second-order valence-corrected chi connectivity index (χ2v) is 5.48. The fraction of sp³-hybridized carbons (Fsp3) is 0.389. The molecule has 0 saturated heterocycles. The quantitative estimate of drug-likeness (QED) is 0.879. The lowest BCUT2D eigenvalue weighted by molar-refractivity contribution is 0.337. The van der Waals surface area contributed by atoms with E-state index in [4.69, 9.17) is 4.74 Å². The number of hydrogen-bond acceptors (Lipinski definition) is 3. The maximum atomic E-state index is 14.3. The standard InChI is InChI=1S/C18H22F2N2O/c1-5-23-18-12(3)8-13(6-7-21-4)22-17(18)14-9-11(2)15(19)10-16(14)20/h8-10,21H,5-7H2,1-4H3. The maximum Gasteiger partial charge on any atom is 0.148 e. The van der Waals surface area contributed by atoms with Crippen LogP contribution in [0.5, 0.6) is 5.75 Å². The Morgan fingerprint density at radius 1 is 1.09 bits per heavy atom. The van der Waals surface area contributed by atoms with Crippen molar-refractivity contribution in [1.29, 1.82) is 0 Å². The molecule has 1 N–H and O–H groups in total. The highest BCUT2D eigenvalue weighted by Gasteiger charge is 2.18. The van der Waals surface area contributed by atoms with Crippen molar-refractivity contribution in [3.63, 3.8) is 0 Å². The highest BCUT2D eigenvalue weighted by molar-refractivity contribution is 5.69. The van der Waals surface area contributed by atoms with Gasteiger partial charge in [-0.2, -0.15) is 0 Å². The van der Waals surface area contributed by atoms with E-state index in [9.17, 15) is 8.78 Å². The molecular formula is C18H22F2N2O. The molecule has 23 heavy (non-hydrogen) atoms. The van der Waals surface area contributed by atoms with Gasteiger partial charge in [0.05, 0.1) is 6.61 Å². The molecule has 0 saturated carbocycles. The van der Waals surface area contributed by atoms with Gasteiger partial charge in [0.2, 0.25) is 0 Å². The summed E-state index contributed by atoms with van der Waals surface area (Å²) in [7, 11) is 1.87. The number of pyridine rings is 1. The number of aryl methyl sites for hydroxylation is 2. The van der Waals surface area contributed by atoms with Crippen LogP contribution in [0, 0.1) is 25.5 Å². The Morgan fingerprint density at radius 2 is 1.83 bits per heavy atom. The Kier molecular flexibility index (Phi) is 5.66. The monoisotopic (exact) mass is 320 g/mol. The topological polar surface area (TPSA) is 34.1 Å². The number of ether oxygens (including phenoxy) is 1. The molecule has 0 fully saturated rings. The van der Waals surface area contributed by atoms with Gasteiger partial charge >= 0.3 is 0 Å². The summed E-state index contributed by atoms with van der Waals surface area (Å²) in [6, 6.07) is 4.33. The summed E-state index contributed by atoms with van der Waals surface area (Å²) in [6.45, 7) is 6.60. The third kappa shape index (κ3) is 3.85. The SMILES string of the molecule is CCOc1c(C)cc(CCNC)nc1-c1cc(C)c(F)cc1F. The number of benzene rings is 1. The van der Waals surface area contributed by atoms with E-state index in [0.29, 0.717) is 23.6 Å². The van der Waals surface area contributed by atoms with Crippen molar-refractivity contribution >= 4 is 0 Å². The van der Waals surface area contributed by atoms with Crippen LogP contribution in [0.4, 0.5) is 8.78 Å². The second-order valence-electron chi connectivity index (χ2n) is 5.48. The molecule has 1 heterocycles. The first-order valence-corrected chi connectivity index (χ1v) is 7.71. The van der Waals surface area contributed by atoms with E-state index in [1.807, 2.05) is 27.0 Å². The lowest BCUT2D eigenvalue weighted by atomic mass is 10.0. The highest BCUT2D eigenvalue weighted by Crippen LogP contribution is 2.34. The summed E-state index contributed by atoms with van der Waals surface area (Å²) in [5.74, 6) is -0.649. The van der Waals surface area contributed by atoms with Crippen molar-refractivity contribution in [2.24, 2.45) is 0 Å². The molecule has 2 aromatic rings. The summed E-state index contributed by atoms with van der Waals surface area (Å²) in [5.41, 5.74) is 2.81. The van der Waals surface area contributed by atoms with E-state index in [0.717, 1.165) is 30.3 Å². The molecule has 0 unspecified atom stereocenters. The van der Waals surface area contributed by atoms with Crippen molar-refractivity contribution in [1.82, 2.24) is 10.3 Å².